The number of carbonyl (C=O) groups is 2. The topological polar surface area (TPSA) is 70.7 Å². The lowest BCUT2D eigenvalue weighted by molar-refractivity contribution is -0.114. The molecule has 0 radical (unpaired) electrons. The van der Waals surface area contributed by atoms with Gasteiger partial charge in [-0.2, -0.15) is 0 Å². The van der Waals surface area contributed by atoms with E-state index in [4.69, 9.17) is 4.74 Å². The summed E-state index contributed by atoms with van der Waals surface area (Å²) in [7, 11) is 0. The second-order valence-corrected chi connectivity index (χ2v) is 7.15. The van der Waals surface area contributed by atoms with Gasteiger partial charge in [0, 0.05) is 36.1 Å². The number of hydrogen-bond acceptors (Lipinski definition) is 4. The Balaban J connectivity index is 1.50. The third-order valence-electron chi connectivity index (χ3n) is 4.91. The summed E-state index contributed by atoms with van der Waals surface area (Å²) in [4.78, 5) is 26.8. The van der Waals surface area contributed by atoms with Gasteiger partial charge in [0.1, 0.15) is 5.75 Å². The van der Waals surface area contributed by atoms with Crippen molar-refractivity contribution < 1.29 is 14.3 Å². The first-order chi connectivity index (χ1) is 14.2. The van der Waals surface area contributed by atoms with E-state index in [1.165, 1.54) is 12.8 Å². The number of rotatable bonds is 7. The van der Waals surface area contributed by atoms with Crippen molar-refractivity contribution in [3.05, 3.63) is 54.1 Å². The maximum absolute atomic E-state index is 12.6. The first kappa shape index (κ1) is 20.7. The van der Waals surface area contributed by atoms with Crippen LogP contribution in [0.15, 0.2) is 48.5 Å². The van der Waals surface area contributed by atoms with Crippen molar-refractivity contribution in [2.75, 3.05) is 36.9 Å². The highest BCUT2D eigenvalue weighted by Gasteiger charge is 2.17. The van der Waals surface area contributed by atoms with E-state index in [-0.39, 0.29) is 18.4 Å². The summed E-state index contributed by atoms with van der Waals surface area (Å²) >= 11 is 0. The maximum Gasteiger partial charge on any atom is 0.253 e. The van der Waals surface area contributed by atoms with Crippen molar-refractivity contribution in [3.63, 3.8) is 0 Å². The average molecular weight is 396 g/mol. The van der Waals surface area contributed by atoms with Gasteiger partial charge in [-0.05, 0) is 56.2 Å². The van der Waals surface area contributed by atoms with Crippen molar-refractivity contribution in [1.82, 2.24) is 4.90 Å². The molecule has 154 valence electrons. The van der Waals surface area contributed by atoms with Crippen LogP contribution >= 0.6 is 0 Å². The number of amides is 2. The summed E-state index contributed by atoms with van der Waals surface area (Å²) in [6.07, 6.45) is 4.55. The molecule has 2 amide bonds. The minimum atomic E-state index is -0.150. The molecule has 1 fully saturated rings. The van der Waals surface area contributed by atoms with Crippen LogP contribution in [0, 0.1) is 0 Å². The van der Waals surface area contributed by atoms with Crippen molar-refractivity contribution in [3.8, 4) is 5.75 Å². The van der Waals surface area contributed by atoms with Gasteiger partial charge in [0.15, 0.2) is 0 Å². The molecule has 1 heterocycles. The number of likely N-dealkylation sites (tertiary alicyclic amines) is 1. The lowest BCUT2D eigenvalue weighted by atomic mass is 10.1. The largest absolute Gasteiger partial charge is 0.494 e. The maximum atomic E-state index is 12.6. The Kier molecular flexibility index (Phi) is 7.50. The van der Waals surface area contributed by atoms with Gasteiger partial charge in [0.05, 0.1) is 13.2 Å². The van der Waals surface area contributed by atoms with E-state index in [1.807, 2.05) is 54.3 Å². The zero-order valence-electron chi connectivity index (χ0n) is 16.9. The number of hydrogen-bond donors (Lipinski definition) is 2. The number of nitrogens with one attached hydrogen (secondary N) is 2. The highest BCUT2D eigenvalue weighted by atomic mass is 16.5. The zero-order valence-corrected chi connectivity index (χ0v) is 16.9. The van der Waals surface area contributed by atoms with Crippen LogP contribution in [-0.4, -0.2) is 43.0 Å². The molecule has 6 nitrogen and oxygen atoms in total. The molecule has 2 N–H and O–H groups in total. The second-order valence-electron chi connectivity index (χ2n) is 7.15. The van der Waals surface area contributed by atoms with E-state index in [1.54, 1.807) is 6.07 Å². The number of anilines is 2. The Labute approximate surface area is 172 Å². The fourth-order valence-electron chi connectivity index (χ4n) is 3.40. The van der Waals surface area contributed by atoms with Gasteiger partial charge in [-0.15, -0.1) is 0 Å². The lowest BCUT2D eigenvalue weighted by Crippen LogP contribution is -2.31. The summed E-state index contributed by atoms with van der Waals surface area (Å²) in [6.45, 7) is 4.31. The average Bonchev–Trinajstić information content (AvgIpc) is 3.02. The fraction of sp³-hybridized carbons (Fsp3) is 0.391. The van der Waals surface area contributed by atoms with Crippen LogP contribution in [0.25, 0.3) is 0 Å². The quantitative estimate of drug-likeness (QED) is 0.739. The minimum absolute atomic E-state index is 0.0883. The Morgan fingerprint density at radius 2 is 1.69 bits per heavy atom. The van der Waals surface area contributed by atoms with Gasteiger partial charge in [-0.3, -0.25) is 9.59 Å². The Bertz CT molecular complexity index is 812. The third-order valence-corrected chi connectivity index (χ3v) is 4.91. The molecule has 0 atom stereocenters. The minimum Gasteiger partial charge on any atom is -0.494 e. The normalized spacial score (nSPS) is 14.0. The monoisotopic (exact) mass is 395 g/mol. The van der Waals surface area contributed by atoms with E-state index < -0.39 is 0 Å². The number of ether oxygens (including phenoxy) is 1. The van der Waals surface area contributed by atoms with Crippen molar-refractivity contribution in [2.45, 2.75) is 32.6 Å². The fourth-order valence-corrected chi connectivity index (χ4v) is 3.40. The molecule has 6 heteroatoms. The summed E-state index contributed by atoms with van der Waals surface area (Å²) in [5.74, 6) is 0.664. The molecular formula is C23H29N3O3. The van der Waals surface area contributed by atoms with E-state index in [0.29, 0.717) is 17.9 Å². The van der Waals surface area contributed by atoms with Gasteiger partial charge >= 0.3 is 0 Å². The summed E-state index contributed by atoms with van der Waals surface area (Å²) in [6, 6.07) is 14.6. The molecule has 29 heavy (non-hydrogen) atoms. The second kappa shape index (κ2) is 10.5. The van der Waals surface area contributed by atoms with Crippen LogP contribution in [0.4, 0.5) is 11.4 Å². The van der Waals surface area contributed by atoms with E-state index in [2.05, 4.69) is 10.6 Å². The Morgan fingerprint density at radius 3 is 2.38 bits per heavy atom. The molecule has 0 saturated carbocycles. The smallest absolute Gasteiger partial charge is 0.253 e. The predicted molar refractivity (Wildman–Crippen MR) is 116 cm³/mol. The van der Waals surface area contributed by atoms with E-state index in [9.17, 15) is 9.59 Å². The molecule has 0 aliphatic carbocycles. The summed E-state index contributed by atoms with van der Waals surface area (Å²) < 4.78 is 5.44. The molecule has 0 aromatic heterocycles. The van der Waals surface area contributed by atoms with Gasteiger partial charge in [-0.25, -0.2) is 0 Å². The highest BCUT2D eigenvalue weighted by Crippen LogP contribution is 2.18. The summed E-state index contributed by atoms with van der Waals surface area (Å²) in [5.41, 5.74) is 2.19. The molecule has 2 aromatic carbocycles. The van der Waals surface area contributed by atoms with Gasteiger partial charge in [-0.1, -0.05) is 18.9 Å². The predicted octanol–water partition coefficient (Wildman–Crippen LogP) is 4.15. The Hall–Kier alpha value is -3.02. The van der Waals surface area contributed by atoms with Crippen LogP contribution in [0.1, 0.15) is 43.0 Å². The number of carbonyl (C=O) groups excluding carboxylic acids is 2. The van der Waals surface area contributed by atoms with Gasteiger partial charge in [0.2, 0.25) is 5.91 Å². The molecule has 0 bridgehead atoms. The summed E-state index contributed by atoms with van der Waals surface area (Å²) in [5, 5.41) is 5.94. The van der Waals surface area contributed by atoms with Crippen molar-refractivity contribution in [2.24, 2.45) is 0 Å². The first-order valence-electron chi connectivity index (χ1n) is 10.3. The molecule has 1 aliphatic rings. The first-order valence-corrected chi connectivity index (χ1v) is 10.3. The molecule has 0 unspecified atom stereocenters. The van der Waals surface area contributed by atoms with Crippen LogP contribution in [0.2, 0.25) is 0 Å². The van der Waals surface area contributed by atoms with Crippen molar-refractivity contribution in [1.29, 1.82) is 0 Å². The lowest BCUT2D eigenvalue weighted by Gasteiger charge is -2.20. The van der Waals surface area contributed by atoms with Crippen LogP contribution < -0.4 is 15.4 Å². The number of nitrogens with zero attached hydrogens (tertiary/aromatic N) is 1. The van der Waals surface area contributed by atoms with E-state index in [0.717, 1.165) is 37.4 Å². The van der Waals surface area contributed by atoms with Gasteiger partial charge in [0.25, 0.3) is 5.91 Å². The molecule has 0 spiro atoms. The standard InChI is InChI=1S/C23H29N3O3/c1-2-29-21-9-7-8-20(16-21)25-22(27)17-24-19-12-10-18(11-13-19)23(28)26-14-5-3-4-6-15-26/h7-13,16,24H,2-6,14-15,17H2,1H3,(H,25,27). The third kappa shape index (κ3) is 6.24. The zero-order chi connectivity index (χ0) is 20.5. The van der Waals surface area contributed by atoms with Crippen LogP contribution in [-0.2, 0) is 4.79 Å². The van der Waals surface area contributed by atoms with Crippen LogP contribution in [0.5, 0.6) is 5.75 Å². The molecule has 3 rings (SSSR count). The SMILES string of the molecule is CCOc1cccc(NC(=O)CNc2ccc(C(=O)N3CCCCCC3)cc2)c1. The molecule has 1 aliphatic heterocycles. The molecule has 2 aromatic rings. The molecule has 1 saturated heterocycles. The molecular weight excluding hydrogens is 366 g/mol. The number of benzene rings is 2. The highest BCUT2D eigenvalue weighted by molar-refractivity contribution is 5.95. The van der Waals surface area contributed by atoms with E-state index >= 15 is 0 Å². The van der Waals surface area contributed by atoms with Crippen molar-refractivity contribution >= 4 is 23.2 Å². The van der Waals surface area contributed by atoms with Gasteiger partial charge < -0.3 is 20.3 Å². The Morgan fingerprint density at radius 1 is 0.966 bits per heavy atom. The van der Waals surface area contributed by atoms with Crippen LogP contribution in [0.3, 0.4) is 0 Å².